The first-order chi connectivity index (χ1) is 8.66. The summed E-state index contributed by atoms with van der Waals surface area (Å²) in [6, 6.07) is 1.22. The number of imidazole rings is 1. The van der Waals surface area contributed by atoms with Gasteiger partial charge in [0.1, 0.15) is 29.2 Å². The van der Waals surface area contributed by atoms with E-state index in [-0.39, 0.29) is 11.3 Å². The number of H-pyrrole nitrogens is 1. The number of hydrogen-bond acceptors (Lipinski definition) is 3. The van der Waals surface area contributed by atoms with Gasteiger partial charge in [-0.25, -0.2) is 23.1 Å². The topological polar surface area (TPSA) is 54.5 Å². The lowest BCUT2D eigenvalue weighted by atomic mass is 10.1. The van der Waals surface area contributed by atoms with Crippen molar-refractivity contribution in [3.8, 4) is 22.6 Å². The number of aromatic amines is 1. The van der Waals surface area contributed by atoms with E-state index in [0.717, 1.165) is 6.07 Å². The highest BCUT2D eigenvalue weighted by molar-refractivity contribution is 5.76. The third-order valence-corrected chi connectivity index (χ3v) is 2.49. The van der Waals surface area contributed by atoms with Crippen LogP contribution in [0, 0.1) is 17.5 Å². The van der Waals surface area contributed by atoms with Crippen LogP contribution in [-0.4, -0.2) is 20.2 Å². The maximum absolute atomic E-state index is 13.6. The molecule has 18 heavy (non-hydrogen) atoms. The van der Waals surface area contributed by atoms with Crippen LogP contribution in [0.1, 0.15) is 0 Å². The molecular formula is C11H5F3N4. The van der Waals surface area contributed by atoms with Crippen molar-refractivity contribution in [3.63, 3.8) is 0 Å². The van der Waals surface area contributed by atoms with Crippen LogP contribution in [0.25, 0.3) is 22.6 Å². The third kappa shape index (κ3) is 1.52. The fourth-order valence-corrected chi connectivity index (χ4v) is 1.67. The summed E-state index contributed by atoms with van der Waals surface area (Å²) in [6.07, 6.45) is 2.76. The molecule has 0 spiro atoms. The summed E-state index contributed by atoms with van der Waals surface area (Å²) in [5.74, 6) is -3.31. The van der Waals surface area contributed by atoms with Crippen LogP contribution < -0.4 is 0 Å². The average molecular weight is 250 g/mol. The van der Waals surface area contributed by atoms with E-state index in [4.69, 9.17) is 0 Å². The van der Waals surface area contributed by atoms with E-state index in [1.54, 1.807) is 0 Å². The standard InChI is InChI=1S/C11H5F3N4/c12-6-2-8(14)7(13)1-5(6)10-11-9(3-17-18-10)15-4-16-11/h1-4,17H. The molecule has 2 heterocycles. The number of benzene rings is 1. The highest BCUT2D eigenvalue weighted by atomic mass is 19.2. The van der Waals surface area contributed by atoms with Crippen molar-refractivity contribution >= 4 is 0 Å². The fourth-order valence-electron chi connectivity index (χ4n) is 1.67. The minimum Gasteiger partial charge on any atom is -0.283 e. The van der Waals surface area contributed by atoms with Gasteiger partial charge in [0, 0.05) is 17.8 Å². The van der Waals surface area contributed by atoms with Crippen LogP contribution in [0.2, 0.25) is 0 Å². The van der Waals surface area contributed by atoms with Gasteiger partial charge in [0.05, 0.1) is 0 Å². The zero-order chi connectivity index (χ0) is 12.7. The average Bonchev–Trinajstić information content (AvgIpc) is 2.82. The minimum atomic E-state index is -1.25. The van der Waals surface area contributed by atoms with E-state index in [1.807, 2.05) is 0 Å². The van der Waals surface area contributed by atoms with Crippen LogP contribution in [0.3, 0.4) is 0 Å². The molecule has 0 atom stereocenters. The number of hydrogen-bond donors (Lipinski definition) is 1. The number of rotatable bonds is 1. The molecule has 0 aromatic heterocycles. The molecule has 0 saturated carbocycles. The molecule has 0 amide bonds. The Bertz CT molecular complexity index is 695. The second-order valence-corrected chi connectivity index (χ2v) is 3.59. The van der Waals surface area contributed by atoms with Gasteiger partial charge in [-0.2, -0.15) is 5.10 Å². The highest BCUT2D eigenvalue weighted by Crippen LogP contribution is 2.30. The van der Waals surface area contributed by atoms with Crippen LogP contribution in [0.15, 0.2) is 24.7 Å². The first kappa shape index (κ1) is 10.7. The predicted molar refractivity (Wildman–Crippen MR) is 56.1 cm³/mol. The molecule has 90 valence electrons. The zero-order valence-electron chi connectivity index (χ0n) is 8.78. The maximum Gasteiger partial charge on any atom is 0.161 e. The molecule has 0 fully saturated rings. The van der Waals surface area contributed by atoms with Gasteiger partial charge in [-0.05, 0) is 6.07 Å². The molecular weight excluding hydrogens is 245 g/mol. The quantitative estimate of drug-likeness (QED) is 0.674. The first-order valence-corrected chi connectivity index (χ1v) is 4.96. The molecule has 0 bridgehead atoms. The number of fused-ring (bicyclic) bond motifs is 1. The van der Waals surface area contributed by atoms with Gasteiger partial charge in [-0.1, -0.05) is 0 Å². The van der Waals surface area contributed by atoms with Crippen molar-refractivity contribution in [2.75, 3.05) is 0 Å². The lowest BCUT2D eigenvalue weighted by Gasteiger charge is -2.06. The lowest BCUT2D eigenvalue weighted by molar-refractivity contribution is 0.496. The van der Waals surface area contributed by atoms with E-state index in [1.165, 1.54) is 12.5 Å². The Balaban J connectivity index is 2.27. The minimum absolute atomic E-state index is 0.0846. The van der Waals surface area contributed by atoms with Gasteiger partial charge < -0.3 is 0 Å². The maximum atomic E-state index is 13.6. The van der Waals surface area contributed by atoms with Crippen LogP contribution in [-0.2, 0) is 0 Å². The van der Waals surface area contributed by atoms with Crippen molar-refractivity contribution < 1.29 is 13.2 Å². The van der Waals surface area contributed by atoms with Crippen LogP contribution >= 0.6 is 0 Å². The molecule has 2 aliphatic heterocycles. The molecule has 0 saturated heterocycles. The van der Waals surface area contributed by atoms with Crippen molar-refractivity contribution in [1.82, 2.24) is 20.2 Å². The van der Waals surface area contributed by atoms with Gasteiger partial charge >= 0.3 is 0 Å². The molecule has 4 nitrogen and oxygen atoms in total. The molecule has 0 radical (unpaired) electrons. The molecule has 1 N–H and O–H groups in total. The molecule has 0 unspecified atom stereocenters. The van der Waals surface area contributed by atoms with Crippen molar-refractivity contribution in [2.45, 2.75) is 0 Å². The summed E-state index contributed by atoms with van der Waals surface area (Å²) in [6.45, 7) is 0. The Morgan fingerprint density at radius 1 is 0.889 bits per heavy atom. The zero-order valence-corrected chi connectivity index (χ0v) is 8.78. The molecule has 1 aromatic carbocycles. The first-order valence-electron chi connectivity index (χ1n) is 4.96. The predicted octanol–water partition coefficient (Wildman–Crippen LogP) is 2.39. The monoisotopic (exact) mass is 250 g/mol. The molecule has 0 aliphatic carbocycles. The second kappa shape index (κ2) is 3.80. The molecule has 2 aliphatic rings. The summed E-state index contributed by atoms with van der Waals surface area (Å²) in [4.78, 5) is 7.81. The van der Waals surface area contributed by atoms with Gasteiger partial charge in [0.25, 0.3) is 0 Å². The van der Waals surface area contributed by atoms with Crippen LogP contribution in [0.4, 0.5) is 13.2 Å². The number of nitrogens with zero attached hydrogens (tertiary/aromatic N) is 3. The Hall–Kier alpha value is -2.44. The SMILES string of the molecule is Fc1cc(F)c(-c2n[nH]cc3ncnc2-3)cc1F. The van der Waals surface area contributed by atoms with Crippen molar-refractivity contribution in [3.05, 3.63) is 42.1 Å². The summed E-state index contributed by atoms with van der Waals surface area (Å²) in [5, 5.41) is 6.34. The van der Waals surface area contributed by atoms with E-state index >= 15 is 0 Å². The summed E-state index contributed by atoms with van der Waals surface area (Å²) in [7, 11) is 0. The Kier molecular flexibility index (Phi) is 2.26. The number of aromatic nitrogens is 4. The lowest BCUT2D eigenvalue weighted by Crippen LogP contribution is -1.98. The van der Waals surface area contributed by atoms with E-state index in [2.05, 4.69) is 20.2 Å². The second-order valence-electron chi connectivity index (χ2n) is 3.59. The van der Waals surface area contributed by atoms with Crippen LogP contribution in [0.5, 0.6) is 0 Å². The van der Waals surface area contributed by atoms with E-state index < -0.39 is 17.5 Å². The third-order valence-electron chi connectivity index (χ3n) is 2.49. The van der Waals surface area contributed by atoms with Gasteiger partial charge in [0.2, 0.25) is 0 Å². The Morgan fingerprint density at radius 3 is 2.50 bits per heavy atom. The van der Waals surface area contributed by atoms with Crippen molar-refractivity contribution in [1.29, 1.82) is 0 Å². The number of nitrogens with one attached hydrogen (secondary N) is 1. The van der Waals surface area contributed by atoms with Gasteiger partial charge in [-0.15, -0.1) is 0 Å². The largest absolute Gasteiger partial charge is 0.283 e. The van der Waals surface area contributed by atoms with E-state index in [0.29, 0.717) is 17.5 Å². The Labute approximate surface area is 98.9 Å². The fraction of sp³-hybridized carbons (Fsp3) is 0. The highest BCUT2D eigenvalue weighted by Gasteiger charge is 2.19. The summed E-state index contributed by atoms with van der Waals surface area (Å²) < 4.78 is 39.7. The van der Waals surface area contributed by atoms with Gasteiger partial charge in [-0.3, -0.25) is 5.10 Å². The molecule has 7 heteroatoms. The summed E-state index contributed by atoms with van der Waals surface area (Å²) >= 11 is 0. The molecule has 3 rings (SSSR count). The summed E-state index contributed by atoms with van der Waals surface area (Å²) in [5.41, 5.74) is 0.695. The molecule has 1 aromatic rings. The van der Waals surface area contributed by atoms with Gasteiger partial charge in [0.15, 0.2) is 11.6 Å². The number of halogens is 3. The normalized spacial score (nSPS) is 11.1. The Morgan fingerprint density at radius 2 is 1.67 bits per heavy atom. The van der Waals surface area contributed by atoms with E-state index in [9.17, 15) is 13.2 Å². The van der Waals surface area contributed by atoms with Crippen molar-refractivity contribution in [2.24, 2.45) is 0 Å². The smallest absolute Gasteiger partial charge is 0.161 e.